The summed E-state index contributed by atoms with van der Waals surface area (Å²) in [4.78, 5) is 0. The Bertz CT molecular complexity index is 240. The number of allylic oxidation sites excluding steroid dienone is 4. The molecule has 14 heavy (non-hydrogen) atoms. The normalized spacial score (nSPS) is 15.4. The molecular weight excluding hydrogens is 294 g/mol. The van der Waals surface area contributed by atoms with Gasteiger partial charge in [0.05, 0.1) is 0 Å². The maximum Gasteiger partial charge on any atom is -0.147 e. The summed E-state index contributed by atoms with van der Waals surface area (Å²) < 4.78 is 1.67. The molecule has 1 aliphatic carbocycles. The molecule has 0 aromatic rings. The van der Waals surface area contributed by atoms with E-state index >= 15 is 0 Å². The predicted molar refractivity (Wildman–Crippen MR) is 63.9 cm³/mol. The van der Waals surface area contributed by atoms with Crippen molar-refractivity contribution in [2.75, 3.05) is 0 Å². The van der Waals surface area contributed by atoms with Crippen LogP contribution in [-0.2, 0) is 24.7 Å². The maximum atomic E-state index is 2.42. The molecule has 0 aliphatic heterocycles. The van der Waals surface area contributed by atoms with Crippen molar-refractivity contribution in [3.63, 3.8) is 0 Å². The van der Waals surface area contributed by atoms with Crippen LogP contribution < -0.4 is 0 Å². The van der Waals surface area contributed by atoms with Crippen LogP contribution in [0, 0.1) is 11.8 Å². The Morgan fingerprint density at radius 3 is 1.86 bits per heavy atom. The molecule has 0 radical (unpaired) electrons. The molecular formula is C11H19Cl2Zr. The second-order valence-corrected chi connectivity index (χ2v) is 5.55. The van der Waals surface area contributed by atoms with Gasteiger partial charge in [-0.05, 0) is 0 Å². The first-order chi connectivity index (χ1) is 5.54. The first kappa shape index (κ1) is 17.3. The van der Waals surface area contributed by atoms with Crippen LogP contribution in [-0.4, -0.2) is 0 Å². The molecule has 1 rings (SSSR count). The van der Waals surface area contributed by atoms with Crippen LogP contribution >= 0.6 is 24.8 Å². The minimum atomic E-state index is 0. The molecule has 0 atom stereocenters. The average Bonchev–Trinajstić information content (AvgIpc) is 2.30. The fraction of sp³-hybridized carbons (Fsp3) is 0.636. The largest absolute Gasteiger partial charge is 0.147 e. The third-order valence-corrected chi connectivity index (χ3v) is 3.53. The summed E-state index contributed by atoms with van der Waals surface area (Å²) in [6.07, 6.45) is 3.64. The second-order valence-electron chi connectivity index (χ2n) is 4.07. The van der Waals surface area contributed by atoms with Gasteiger partial charge < -0.3 is 0 Å². The van der Waals surface area contributed by atoms with Gasteiger partial charge in [-0.15, -0.1) is 24.8 Å². The third-order valence-electron chi connectivity index (χ3n) is 2.36. The Morgan fingerprint density at radius 2 is 1.57 bits per heavy atom. The molecule has 0 bridgehead atoms. The van der Waals surface area contributed by atoms with Crippen molar-refractivity contribution < 1.29 is 24.7 Å². The molecule has 3 heteroatoms. The summed E-state index contributed by atoms with van der Waals surface area (Å²) in [6.45, 7) is 9.20. The van der Waals surface area contributed by atoms with Gasteiger partial charge in [0.2, 0.25) is 0 Å². The Kier molecular flexibility index (Phi) is 8.99. The average molecular weight is 313 g/mol. The Hall–Kier alpha value is 0.943. The predicted octanol–water partition coefficient (Wildman–Crippen LogP) is 4.27. The van der Waals surface area contributed by atoms with E-state index in [4.69, 9.17) is 0 Å². The van der Waals surface area contributed by atoms with Crippen molar-refractivity contribution in [1.82, 2.24) is 0 Å². The van der Waals surface area contributed by atoms with Crippen molar-refractivity contribution in [2.24, 2.45) is 11.8 Å². The zero-order valence-electron chi connectivity index (χ0n) is 9.26. The van der Waals surface area contributed by atoms with Gasteiger partial charge in [0.15, 0.2) is 0 Å². The van der Waals surface area contributed by atoms with Gasteiger partial charge in [-0.1, -0.05) is 0 Å². The molecule has 0 heterocycles. The fourth-order valence-corrected chi connectivity index (χ4v) is 3.15. The van der Waals surface area contributed by atoms with Crippen molar-refractivity contribution in [1.29, 1.82) is 0 Å². The van der Waals surface area contributed by atoms with Crippen LogP contribution in [0.1, 0.15) is 34.1 Å². The zero-order chi connectivity index (χ0) is 9.30. The van der Waals surface area contributed by atoms with E-state index in [0.29, 0.717) is 5.92 Å². The van der Waals surface area contributed by atoms with Crippen LogP contribution in [0.3, 0.4) is 0 Å². The topological polar surface area (TPSA) is 0 Å². The molecule has 0 unspecified atom stereocenters. The standard InChI is InChI=1S/C11H17.2ClH.Zr/c1-8(2)10-6-5-7-11(10)9(3)4;;;/h6,8-9H,5H2,1-4H3;2*1H;. The molecule has 0 amide bonds. The Morgan fingerprint density at radius 1 is 1.07 bits per heavy atom. The summed E-state index contributed by atoms with van der Waals surface area (Å²) >= 11 is 1.60. The smallest absolute Gasteiger partial charge is 0.147 e. The summed E-state index contributed by atoms with van der Waals surface area (Å²) in [6, 6.07) is 0. The molecule has 81 valence electrons. The van der Waals surface area contributed by atoms with Crippen molar-refractivity contribution in [2.45, 2.75) is 34.1 Å². The van der Waals surface area contributed by atoms with Crippen LogP contribution in [0.25, 0.3) is 0 Å². The van der Waals surface area contributed by atoms with Crippen molar-refractivity contribution >= 4 is 24.8 Å². The number of halogens is 2. The fourth-order valence-electron chi connectivity index (χ4n) is 1.83. The molecule has 1 aliphatic rings. The van der Waals surface area contributed by atoms with Gasteiger partial charge in [-0.25, -0.2) is 0 Å². The number of rotatable bonds is 2. The molecule has 0 aromatic carbocycles. The monoisotopic (exact) mass is 311 g/mol. The third kappa shape index (κ3) is 3.83. The molecule has 0 aromatic heterocycles. The quantitative estimate of drug-likeness (QED) is 0.714. The zero-order valence-corrected chi connectivity index (χ0v) is 13.3. The summed E-state index contributed by atoms with van der Waals surface area (Å²) in [5.41, 5.74) is 3.26. The van der Waals surface area contributed by atoms with Crippen LogP contribution in [0.15, 0.2) is 20.5 Å². The van der Waals surface area contributed by atoms with Gasteiger partial charge in [-0.2, -0.15) is 0 Å². The molecule has 0 fully saturated rings. The minimum absolute atomic E-state index is 0. The first-order valence-corrected chi connectivity index (χ1v) is 5.92. The molecule has 0 saturated heterocycles. The van der Waals surface area contributed by atoms with E-state index in [1.54, 1.807) is 39.1 Å². The molecule has 0 nitrogen and oxygen atoms in total. The van der Waals surface area contributed by atoms with E-state index in [1.807, 2.05) is 0 Å². The minimum Gasteiger partial charge on any atom is -0.147 e. The van der Waals surface area contributed by atoms with E-state index in [1.165, 1.54) is 6.42 Å². The van der Waals surface area contributed by atoms with Gasteiger partial charge in [0.25, 0.3) is 0 Å². The SMILES string of the molecule is CC(C)C1=CC[C]([Zr])=C1C(C)C.Cl.Cl. The van der Waals surface area contributed by atoms with Gasteiger partial charge >= 0.3 is 91.2 Å². The summed E-state index contributed by atoms with van der Waals surface area (Å²) in [7, 11) is 0. The van der Waals surface area contributed by atoms with Crippen LogP contribution in [0.2, 0.25) is 0 Å². The van der Waals surface area contributed by atoms with Crippen molar-refractivity contribution in [3.05, 3.63) is 20.5 Å². The number of hydrogen-bond donors (Lipinski definition) is 0. The molecule has 0 saturated carbocycles. The molecule has 0 spiro atoms. The summed E-state index contributed by atoms with van der Waals surface area (Å²) in [5, 5.41) is 0. The van der Waals surface area contributed by atoms with E-state index in [0.717, 1.165) is 5.92 Å². The van der Waals surface area contributed by atoms with Gasteiger partial charge in [0.1, 0.15) is 0 Å². The molecule has 0 N–H and O–H groups in total. The van der Waals surface area contributed by atoms with E-state index in [2.05, 4.69) is 33.8 Å². The summed E-state index contributed by atoms with van der Waals surface area (Å²) in [5.74, 6) is 1.43. The van der Waals surface area contributed by atoms with E-state index < -0.39 is 0 Å². The Balaban J connectivity index is 0. The van der Waals surface area contributed by atoms with E-state index in [9.17, 15) is 0 Å². The van der Waals surface area contributed by atoms with Crippen molar-refractivity contribution in [3.8, 4) is 0 Å². The van der Waals surface area contributed by atoms with Gasteiger partial charge in [0, 0.05) is 0 Å². The maximum absolute atomic E-state index is 2.42. The van der Waals surface area contributed by atoms with Gasteiger partial charge in [-0.3, -0.25) is 0 Å². The first-order valence-electron chi connectivity index (χ1n) is 4.69. The number of hydrogen-bond acceptors (Lipinski definition) is 0. The second kappa shape index (κ2) is 7.26. The van der Waals surface area contributed by atoms with E-state index in [-0.39, 0.29) is 24.8 Å². The van der Waals surface area contributed by atoms with Crippen LogP contribution in [0.4, 0.5) is 0 Å². The Labute approximate surface area is 115 Å². The van der Waals surface area contributed by atoms with Crippen LogP contribution in [0.5, 0.6) is 0 Å².